The molecule has 0 saturated carbocycles. The van der Waals surface area contributed by atoms with Crippen LogP contribution in [0.2, 0.25) is 0 Å². The van der Waals surface area contributed by atoms with Gasteiger partial charge in [-0.2, -0.15) is 8.42 Å². The summed E-state index contributed by atoms with van der Waals surface area (Å²) in [4.78, 5) is 11.8. The van der Waals surface area contributed by atoms with Crippen LogP contribution in [0.15, 0.2) is 18.2 Å². The lowest BCUT2D eigenvalue weighted by Crippen LogP contribution is -2.28. The van der Waals surface area contributed by atoms with Gasteiger partial charge in [0.2, 0.25) is 10.3 Å². The van der Waals surface area contributed by atoms with Crippen LogP contribution in [0.1, 0.15) is 50.8 Å². The van der Waals surface area contributed by atoms with Gasteiger partial charge in [0.15, 0.2) is 6.61 Å². The fourth-order valence-corrected chi connectivity index (χ4v) is 3.04. The van der Waals surface area contributed by atoms with E-state index >= 15 is 0 Å². The Labute approximate surface area is 143 Å². The molecule has 0 saturated heterocycles. The summed E-state index contributed by atoms with van der Waals surface area (Å²) in [5, 5.41) is 2.92. The summed E-state index contributed by atoms with van der Waals surface area (Å²) in [5.41, 5.74) is 2.53. The highest BCUT2D eigenvalue weighted by Gasteiger charge is 2.23. The maximum atomic E-state index is 11.8. The van der Waals surface area contributed by atoms with E-state index in [9.17, 15) is 13.2 Å². The maximum Gasteiger partial charge on any atom is 0.344 e. The van der Waals surface area contributed by atoms with Gasteiger partial charge in [-0.3, -0.25) is 5.32 Å². The van der Waals surface area contributed by atoms with E-state index in [0.717, 1.165) is 35.9 Å². The van der Waals surface area contributed by atoms with Gasteiger partial charge in [-0.15, -0.1) is 0 Å². The Kier molecular flexibility index (Phi) is 6.01. The lowest BCUT2D eigenvalue weighted by atomic mass is 9.87. The molecule has 0 bridgehead atoms. The highest BCUT2D eigenvalue weighted by molar-refractivity contribution is 7.71. The molecular weight excluding hydrogens is 330 g/mol. The van der Waals surface area contributed by atoms with Gasteiger partial charge < -0.3 is 9.47 Å². The average Bonchev–Trinajstić information content (AvgIpc) is 2.49. The Balaban J connectivity index is 2.12. The van der Waals surface area contributed by atoms with Crippen molar-refractivity contribution in [2.24, 2.45) is 0 Å². The monoisotopic (exact) mass is 353 g/mol. The second-order valence-electron chi connectivity index (χ2n) is 6.69. The molecule has 0 aromatic heterocycles. The van der Waals surface area contributed by atoms with Gasteiger partial charge in [-0.05, 0) is 57.2 Å². The molecule has 2 rings (SSSR count). The maximum absolute atomic E-state index is 11.8. The van der Waals surface area contributed by atoms with Gasteiger partial charge in [0.25, 0.3) is 0 Å². The van der Waals surface area contributed by atoms with Crippen LogP contribution in [-0.2, 0) is 26.2 Å². The van der Waals surface area contributed by atoms with E-state index in [-0.39, 0.29) is 12.6 Å². The molecule has 0 fully saturated rings. The van der Waals surface area contributed by atoms with Crippen molar-refractivity contribution in [3.05, 3.63) is 29.3 Å². The number of carbonyl (C=O) groups is 1. The fraction of sp³-hybridized carbons (Fsp3) is 0.529. The Bertz CT molecular complexity index is 726. The van der Waals surface area contributed by atoms with Crippen LogP contribution < -0.4 is 10.1 Å². The van der Waals surface area contributed by atoms with Gasteiger partial charge in [-0.25, -0.2) is 4.79 Å². The average molecular weight is 353 g/mol. The molecule has 6 nitrogen and oxygen atoms in total. The third-order valence-electron chi connectivity index (χ3n) is 3.60. The summed E-state index contributed by atoms with van der Waals surface area (Å²) in [6, 6.07) is 5.55. The number of carbonyl (C=O) groups excluding carboxylic acids is 1. The number of benzene rings is 1. The van der Waals surface area contributed by atoms with Crippen LogP contribution in [0.4, 0.5) is 0 Å². The van der Waals surface area contributed by atoms with Crippen molar-refractivity contribution >= 4 is 21.8 Å². The molecule has 1 aliphatic carbocycles. The summed E-state index contributed by atoms with van der Waals surface area (Å²) in [5.74, 6) is 0.230. The number of hydrogen-bond donors (Lipinski definition) is 1. The number of hydrogen-bond acceptors (Lipinski definition) is 5. The molecule has 1 N–H and O–H groups in total. The third kappa shape index (κ3) is 5.35. The smallest absolute Gasteiger partial charge is 0.344 e. The molecule has 7 heteroatoms. The van der Waals surface area contributed by atoms with Gasteiger partial charge in [0.1, 0.15) is 11.4 Å². The normalized spacial score (nSPS) is 16.9. The van der Waals surface area contributed by atoms with E-state index < -0.39 is 21.9 Å². The lowest BCUT2D eigenvalue weighted by Gasteiger charge is -2.26. The van der Waals surface area contributed by atoms with Gasteiger partial charge in [-0.1, -0.05) is 12.1 Å². The molecule has 0 aliphatic heterocycles. The number of rotatable bonds is 5. The molecule has 0 radical (unpaired) electrons. The quantitative estimate of drug-likeness (QED) is 0.644. The van der Waals surface area contributed by atoms with Gasteiger partial charge in [0, 0.05) is 6.04 Å². The van der Waals surface area contributed by atoms with E-state index in [4.69, 9.17) is 9.47 Å². The highest BCUT2D eigenvalue weighted by atomic mass is 32.2. The van der Waals surface area contributed by atoms with E-state index in [1.54, 1.807) is 0 Å². The summed E-state index contributed by atoms with van der Waals surface area (Å²) in [7, 11) is -2.25. The SMILES string of the molecule is CC(C)(C)OC(=O)COc1cccc2c1CCCC2NC=S(=O)=O. The lowest BCUT2D eigenvalue weighted by molar-refractivity contribution is -0.157. The van der Waals surface area contributed by atoms with E-state index in [2.05, 4.69) is 5.32 Å². The molecule has 132 valence electrons. The minimum absolute atomic E-state index is 0.0725. The Morgan fingerprint density at radius 2 is 2.12 bits per heavy atom. The standard InChI is InChI=1S/C17H23NO5S/c1-17(2,3)23-16(19)10-22-15-9-5-6-12-13(15)7-4-8-14(12)18-11-24(20)21/h5-6,9,11,14,18H,4,7-8,10H2,1-3H3. The first kappa shape index (κ1) is 18.5. The molecule has 1 aliphatic rings. The molecular formula is C17H23NO5S. The number of esters is 1. The zero-order valence-electron chi connectivity index (χ0n) is 14.2. The first-order chi connectivity index (χ1) is 11.3. The van der Waals surface area contributed by atoms with Gasteiger partial charge in [0.05, 0.1) is 5.49 Å². The van der Waals surface area contributed by atoms with Gasteiger partial charge >= 0.3 is 5.97 Å². The van der Waals surface area contributed by atoms with Crippen LogP contribution in [0.25, 0.3) is 0 Å². The predicted octanol–water partition coefficient (Wildman–Crippen LogP) is 2.01. The molecule has 1 atom stereocenters. The van der Waals surface area contributed by atoms with Crippen LogP contribution in [0.3, 0.4) is 0 Å². The summed E-state index contributed by atoms with van der Waals surface area (Å²) in [6.07, 6.45) is 2.59. The zero-order chi connectivity index (χ0) is 17.7. The Morgan fingerprint density at radius 1 is 1.38 bits per heavy atom. The minimum Gasteiger partial charge on any atom is -0.482 e. The molecule has 0 amide bonds. The zero-order valence-corrected chi connectivity index (χ0v) is 15.0. The summed E-state index contributed by atoms with van der Waals surface area (Å²) < 4.78 is 32.3. The van der Waals surface area contributed by atoms with Crippen LogP contribution in [-0.4, -0.2) is 32.1 Å². The van der Waals surface area contributed by atoms with E-state index in [0.29, 0.717) is 5.75 Å². The highest BCUT2D eigenvalue weighted by Crippen LogP contribution is 2.35. The van der Waals surface area contributed by atoms with Crippen molar-refractivity contribution in [2.45, 2.75) is 51.7 Å². The van der Waals surface area contributed by atoms with Crippen molar-refractivity contribution in [2.75, 3.05) is 6.61 Å². The Morgan fingerprint density at radius 3 is 2.79 bits per heavy atom. The fourth-order valence-electron chi connectivity index (χ4n) is 2.77. The number of nitrogens with one attached hydrogen (secondary N) is 1. The molecule has 1 aromatic rings. The number of ether oxygens (including phenoxy) is 2. The van der Waals surface area contributed by atoms with Crippen molar-refractivity contribution in [3.63, 3.8) is 0 Å². The van der Waals surface area contributed by atoms with Crippen molar-refractivity contribution in [1.82, 2.24) is 5.32 Å². The van der Waals surface area contributed by atoms with E-state index in [1.807, 2.05) is 39.0 Å². The van der Waals surface area contributed by atoms with Crippen molar-refractivity contribution in [1.29, 1.82) is 0 Å². The van der Waals surface area contributed by atoms with Crippen LogP contribution in [0, 0.1) is 0 Å². The molecule has 1 unspecified atom stereocenters. The first-order valence-corrected chi connectivity index (χ1v) is 9.04. The second kappa shape index (κ2) is 7.81. The van der Waals surface area contributed by atoms with Crippen LogP contribution >= 0.6 is 0 Å². The molecule has 0 spiro atoms. The van der Waals surface area contributed by atoms with Crippen molar-refractivity contribution in [3.8, 4) is 5.75 Å². The first-order valence-electron chi connectivity index (χ1n) is 7.90. The third-order valence-corrected chi connectivity index (χ3v) is 3.92. The van der Waals surface area contributed by atoms with Crippen molar-refractivity contribution < 1.29 is 22.7 Å². The Hall–Kier alpha value is -1.86. The molecule has 0 heterocycles. The molecule has 24 heavy (non-hydrogen) atoms. The van der Waals surface area contributed by atoms with E-state index in [1.165, 1.54) is 0 Å². The van der Waals surface area contributed by atoms with Crippen LogP contribution in [0.5, 0.6) is 5.75 Å². The second-order valence-corrected chi connectivity index (χ2v) is 7.45. The predicted molar refractivity (Wildman–Crippen MR) is 91.6 cm³/mol. The largest absolute Gasteiger partial charge is 0.482 e. The topological polar surface area (TPSA) is 81.7 Å². The summed E-state index contributed by atoms with van der Waals surface area (Å²) >= 11 is 0. The molecule has 1 aromatic carbocycles. The summed E-state index contributed by atoms with van der Waals surface area (Å²) in [6.45, 7) is 5.27. The minimum atomic E-state index is -2.25. The number of fused-ring (bicyclic) bond motifs is 1.